The lowest BCUT2D eigenvalue weighted by atomic mass is 10.2. The molecule has 0 unspecified atom stereocenters. The summed E-state index contributed by atoms with van der Waals surface area (Å²) in [5.41, 5.74) is 1.68. The molecule has 0 bridgehead atoms. The quantitative estimate of drug-likeness (QED) is 0.783. The number of ether oxygens (including phenoxy) is 1. The Morgan fingerprint density at radius 3 is 2.38 bits per heavy atom. The summed E-state index contributed by atoms with van der Waals surface area (Å²) in [6.07, 6.45) is 2.03. The Kier molecular flexibility index (Phi) is 6.29. The number of carbonyl (C=O) groups excluding carboxylic acids is 2. The number of nitrogens with zero attached hydrogens (tertiary/aromatic N) is 1. The van der Waals surface area contributed by atoms with E-state index in [9.17, 15) is 18.0 Å². The van der Waals surface area contributed by atoms with Crippen molar-refractivity contribution >= 4 is 21.8 Å². The number of carbonyl (C=O) groups is 2. The number of alkyl carbamates (subject to hydrolysis) is 1. The molecule has 0 spiro atoms. The van der Waals surface area contributed by atoms with Crippen LogP contribution in [0.4, 0.5) is 4.79 Å². The van der Waals surface area contributed by atoms with Gasteiger partial charge in [-0.2, -0.15) is 0 Å². The van der Waals surface area contributed by atoms with Crippen molar-refractivity contribution in [1.29, 1.82) is 0 Å². The van der Waals surface area contributed by atoms with Crippen LogP contribution in [0.1, 0.15) is 21.6 Å². The number of hydrogen-bond donors (Lipinski definition) is 2. The zero-order valence-electron chi connectivity index (χ0n) is 14.4. The van der Waals surface area contributed by atoms with Gasteiger partial charge in [-0.15, -0.1) is 0 Å². The second kappa shape index (κ2) is 8.43. The average Bonchev–Trinajstić information content (AvgIpc) is 2.64. The first kappa shape index (κ1) is 19.4. The molecule has 2 amide bonds. The minimum Gasteiger partial charge on any atom is -0.453 e. The van der Waals surface area contributed by atoms with E-state index in [2.05, 4.69) is 20.4 Å². The summed E-state index contributed by atoms with van der Waals surface area (Å²) in [6, 6.07) is 9.42. The molecule has 0 aliphatic carbocycles. The van der Waals surface area contributed by atoms with Crippen LogP contribution < -0.4 is 10.6 Å². The molecule has 2 rings (SSSR count). The van der Waals surface area contributed by atoms with E-state index in [1.165, 1.54) is 25.4 Å². The van der Waals surface area contributed by atoms with E-state index in [1.807, 2.05) is 0 Å². The predicted octanol–water partition coefficient (Wildman–Crippen LogP) is 1.27. The van der Waals surface area contributed by atoms with Gasteiger partial charge in [0.2, 0.25) is 0 Å². The van der Waals surface area contributed by atoms with Crippen molar-refractivity contribution in [2.45, 2.75) is 18.0 Å². The van der Waals surface area contributed by atoms with Crippen LogP contribution in [-0.4, -0.2) is 38.8 Å². The van der Waals surface area contributed by atoms with Crippen molar-refractivity contribution in [2.75, 3.05) is 13.4 Å². The lowest BCUT2D eigenvalue weighted by Crippen LogP contribution is -2.25. The molecule has 2 N–H and O–H groups in total. The van der Waals surface area contributed by atoms with Gasteiger partial charge in [0.15, 0.2) is 9.84 Å². The smallest absolute Gasteiger partial charge is 0.407 e. The number of benzene rings is 1. The van der Waals surface area contributed by atoms with E-state index in [4.69, 9.17) is 0 Å². The molecule has 2 aromatic rings. The Labute approximate surface area is 151 Å². The fraction of sp³-hybridized carbons (Fsp3) is 0.235. The van der Waals surface area contributed by atoms with Crippen LogP contribution in [-0.2, 0) is 27.7 Å². The van der Waals surface area contributed by atoms with Crippen molar-refractivity contribution in [1.82, 2.24) is 15.6 Å². The van der Waals surface area contributed by atoms with Gasteiger partial charge in [0.25, 0.3) is 5.91 Å². The molecule has 0 aliphatic rings. The number of pyridine rings is 1. The third kappa shape index (κ3) is 5.55. The summed E-state index contributed by atoms with van der Waals surface area (Å²) < 4.78 is 27.3. The van der Waals surface area contributed by atoms with Crippen LogP contribution in [0.15, 0.2) is 47.5 Å². The van der Waals surface area contributed by atoms with Gasteiger partial charge in [0.05, 0.1) is 24.2 Å². The number of amides is 2. The van der Waals surface area contributed by atoms with Crippen molar-refractivity contribution in [3.05, 3.63) is 59.4 Å². The lowest BCUT2D eigenvalue weighted by molar-refractivity contribution is 0.0950. The van der Waals surface area contributed by atoms with Gasteiger partial charge in [0, 0.05) is 24.6 Å². The van der Waals surface area contributed by atoms with Gasteiger partial charge < -0.3 is 15.4 Å². The first-order chi connectivity index (χ1) is 12.3. The minimum absolute atomic E-state index is 0.140. The second-order valence-corrected chi connectivity index (χ2v) is 7.50. The molecule has 26 heavy (non-hydrogen) atoms. The topological polar surface area (TPSA) is 114 Å². The zero-order chi connectivity index (χ0) is 19.2. The summed E-state index contributed by atoms with van der Waals surface area (Å²) >= 11 is 0. The third-order valence-electron chi connectivity index (χ3n) is 3.48. The SMILES string of the molecule is COC(=O)NCc1cc(C(=O)NCc2ccc(S(C)(=O)=O)cc2)ccn1. The van der Waals surface area contributed by atoms with E-state index < -0.39 is 15.9 Å². The summed E-state index contributed by atoms with van der Waals surface area (Å²) in [7, 11) is -1.99. The van der Waals surface area contributed by atoms with Crippen LogP contribution >= 0.6 is 0 Å². The summed E-state index contributed by atoms with van der Waals surface area (Å²) in [6.45, 7) is 0.391. The number of methoxy groups -OCH3 is 1. The van der Waals surface area contributed by atoms with E-state index in [-0.39, 0.29) is 23.9 Å². The number of aromatic nitrogens is 1. The molecule has 0 atom stereocenters. The van der Waals surface area contributed by atoms with Crippen LogP contribution in [0, 0.1) is 0 Å². The van der Waals surface area contributed by atoms with E-state index in [0.29, 0.717) is 11.3 Å². The van der Waals surface area contributed by atoms with Crippen LogP contribution in [0.3, 0.4) is 0 Å². The van der Waals surface area contributed by atoms with Crippen molar-refractivity contribution in [3.8, 4) is 0 Å². The van der Waals surface area contributed by atoms with E-state index in [0.717, 1.165) is 11.8 Å². The molecule has 0 radical (unpaired) electrons. The highest BCUT2D eigenvalue weighted by Gasteiger charge is 2.09. The Morgan fingerprint density at radius 2 is 1.77 bits per heavy atom. The third-order valence-corrected chi connectivity index (χ3v) is 4.61. The molecule has 0 aliphatic heterocycles. The zero-order valence-corrected chi connectivity index (χ0v) is 15.2. The summed E-state index contributed by atoms with van der Waals surface area (Å²) in [5, 5.41) is 5.23. The van der Waals surface area contributed by atoms with Crippen LogP contribution in [0.2, 0.25) is 0 Å². The normalized spacial score (nSPS) is 10.8. The van der Waals surface area contributed by atoms with Gasteiger partial charge >= 0.3 is 6.09 Å². The maximum Gasteiger partial charge on any atom is 0.407 e. The fourth-order valence-electron chi connectivity index (χ4n) is 2.09. The highest BCUT2D eigenvalue weighted by molar-refractivity contribution is 7.90. The molecule has 1 aromatic heterocycles. The molecule has 8 nitrogen and oxygen atoms in total. The van der Waals surface area contributed by atoms with E-state index >= 15 is 0 Å². The highest BCUT2D eigenvalue weighted by Crippen LogP contribution is 2.10. The van der Waals surface area contributed by atoms with Gasteiger partial charge in [-0.25, -0.2) is 13.2 Å². The van der Waals surface area contributed by atoms with Crippen LogP contribution in [0.5, 0.6) is 0 Å². The monoisotopic (exact) mass is 377 g/mol. The Balaban J connectivity index is 1.96. The van der Waals surface area contributed by atoms with Crippen LogP contribution in [0.25, 0.3) is 0 Å². The van der Waals surface area contributed by atoms with Gasteiger partial charge in [-0.1, -0.05) is 12.1 Å². The Bertz CT molecular complexity index is 895. The maximum absolute atomic E-state index is 12.2. The second-order valence-electron chi connectivity index (χ2n) is 5.48. The minimum atomic E-state index is -3.25. The number of rotatable bonds is 6. The average molecular weight is 377 g/mol. The molecule has 9 heteroatoms. The summed E-state index contributed by atoms with van der Waals surface area (Å²) in [4.78, 5) is 27.6. The maximum atomic E-state index is 12.2. The first-order valence-corrected chi connectivity index (χ1v) is 9.52. The Hall–Kier alpha value is -2.94. The van der Waals surface area contributed by atoms with E-state index in [1.54, 1.807) is 24.3 Å². The standard InChI is InChI=1S/C17H19N3O5S/c1-25-17(22)20-11-14-9-13(7-8-18-14)16(21)19-10-12-3-5-15(6-4-12)26(2,23)24/h3-9H,10-11H2,1-2H3,(H,19,21)(H,20,22). The molecule has 1 heterocycles. The molecule has 1 aromatic carbocycles. The number of nitrogens with one attached hydrogen (secondary N) is 2. The lowest BCUT2D eigenvalue weighted by Gasteiger charge is -2.08. The molecular weight excluding hydrogens is 358 g/mol. The molecule has 0 saturated heterocycles. The van der Waals surface area contributed by atoms with Gasteiger partial charge in [-0.3, -0.25) is 9.78 Å². The molecule has 0 fully saturated rings. The molecular formula is C17H19N3O5S. The predicted molar refractivity (Wildman–Crippen MR) is 94.2 cm³/mol. The van der Waals surface area contributed by atoms with Crippen molar-refractivity contribution in [3.63, 3.8) is 0 Å². The van der Waals surface area contributed by atoms with Gasteiger partial charge in [-0.05, 0) is 29.8 Å². The largest absolute Gasteiger partial charge is 0.453 e. The highest BCUT2D eigenvalue weighted by atomic mass is 32.2. The molecule has 0 saturated carbocycles. The first-order valence-electron chi connectivity index (χ1n) is 7.63. The van der Waals surface area contributed by atoms with Crippen molar-refractivity contribution in [2.24, 2.45) is 0 Å². The summed E-state index contributed by atoms with van der Waals surface area (Å²) in [5.74, 6) is -0.307. The fourth-order valence-corrected chi connectivity index (χ4v) is 2.72. The number of sulfone groups is 1. The van der Waals surface area contributed by atoms with Crippen molar-refractivity contribution < 1.29 is 22.7 Å². The molecule has 138 valence electrons. The Morgan fingerprint density at radius 1 is 1.08 bits per heavy atom. The van der Waals surface area contributed by atoms with Gasteiger partial charge in [0.1, 0.15) is 0 Å². The number of hydrogen-bond acceptors (Lipinski definition) is 6.